The number of thioether (sulfide) groups is 1. The fraction of sp³-hybridized carbons (Fsp3) is 0.500. The zero-order chi connectivity index (χ0) is 20.5. The van der Waals surface area contributed by atoms with Crippen LogP contribution in [0.4, 0.5) is 4.79 Å². The number of benzene rings is 1. The van der Waals surface area contributed by atoms with Crippen molar-refractivity contribution in [2.75, 3.05) is 25.4 Å². The molecule has 1 saturated heterocycles. The molecule has 0 aliphatic carbocycles. The molecule has 2 heterocycles. The van der Waals surface area contributed by atoms with Gasteiger partial charge in [0.15, 0.2) is 11.0 Å². The van der Waals surface area contributed by atoms with Crippen molar-refractivity contribution >= 4 is 23.7 Å². The Hall–Kier alpha value is -2.39. The van der Waals surface area contributed by atoms with Crippen LogP contribution in [-0.2, 0) is 11.3 Å². The summed E-state index contributed by atoms with van der Waals surface area (Å²) in [6, 6.07) is 9.45. The monoisotopic (exact) mass is 416 g/mol. The van der Waals surface area contributed by atoms with Crippen molar-refractivity contribution in [1.82, 2.24) is 30.3 Å². The van der Waals surface area contributed by atoms with E-state index in [1.54, 1.807) is 0 Å². The number of nitrogens with one attached hydrogen (secondary N) is 2. The maximum atomic E-state index is 12.1. The molecule has 2 N–H and O–H groups in total. The molecule has 1 fully saturated rings. The Morgan fingerprint density at radius 1 is 1.14 bits per heavy atom. The Morgan fingerprint density at radius 2 is 1.90 bits per heavy atom. The molecular weight excluding hydrogens is 388 g/mol. The SMILES string of the molecule is CCCCNC(=O)NC(=O)CSc1nnc(CN2CCCC2)n1-c1ccccc1. The number of para-hydroxylation sites is 1. The third-order valence-corrected chi connectivity index (χ3v) is 5.61. The highest BCUT2D eigenvalue weighted by Crippen LogP contribution is 2.23. The lowest BCUT2D eigenvalue weighted by Gasteiger charge is -2.15. The van der Waals surface area contributed by atoms with Gasteiger partial charge in [0.05, 0.1) is 12.3 Å². The van der Waals surface area contributed by atoms with Crippen LogP contribution in [0.1, 0.15) is 38.4 Å². The number of carbonyl (C=O) groups excluding carboxylic acids is 2. The zero-order valence-corrected chi connectivity index (χ0v) is 17.6. The summed E-state index contributed by atoms with van der Waals surface area (Å²) in [5.74, 6) is 0.599. The summed E-state index contributed by atoms with van der Waals surface area (Å²) in [6.45, 7) is 5.47. The number of hydrogen-bond donors (Lipinski definition) is 2. The Labute approximate surface area is 175 Å². The van der Waals surface area contributed by atoms with Crippen molar-refractivity contribution in [2.45, 2.75) is 44.3 Å². The molecule has 1 aliphatic rings. The van der Waals surface area contributed by atoms with Gasteiger partial charge in [-0.25, -0.2) is 4.79 Å². The minimum absolute atomic E-state index is 0.0931. The molecule has 0 radical (unpaired) electrons. The van der Waals surface area contributed by atoms with Crippen molar-refractivity contribution in [1.29, 1.82) is 0 Å². The summed E-state index contributed by atoms with van der Waals surface area (Å²) in [5.41, 5.74) is 0.965. The second kappa shape index (κ2) is 11.0. The van der Waals surface area contributed by atoms with Crippen LogP contribution >= 0.6 is 11.8 Å². The fourth-order valence-electron chi connectivity index (χ4n) is 3.19. The van der Waals surface area contributed by atoms with Gasteiger partial charge < -0.3 is 5.32 Å². The maximum Gasteiger partial charge on any atom is 0.321 e. The summed E-state index contributed by atoms with van der Waals surface area (Å²) >= 11 is 1.28. The maximum absolute atomic E-state index is 12.1. The predicted molar refractivity (Wildman–Crippen MR) is 113 cm³/mol. The summed E-state index contributed by atoms with van der Waals surface area (Å²) in [4.78, 5) is 26.2. The molecule has 2 aromatic rings. The first-order chi connectivity index (χ1) is 14.2. The second-order valence-corrected chi connectivity index (χ2v) is 7.94. The minimum Gasteiger partial charge on any atom is -0.338 e. The molecule has 0 unspecified atom stereocenters. The molecule has 9 heteroatoms. The Kier molecular flexibility index (Phi) is 8.06. The van der Waals surface area contributed by atoms with Gasteiger partial charge in [0.2, 0.25) is 5.91 Å². The Balaban J connectivity index is 1.64. The molecular formula is C20H28N6O2S. The summed E-state index contributed by atoms with van der Waals surface area (Å²) in [7, 11) is 0. The van der Waals surface area contributed by atoms with Crippen molar-refractivity contribution < 1.29 is 9.59 Å². The lowest BCUT2D eigenvalue weighted by atomic mass is 10.3. The predicted octanol–water partition coefficient (Wildman–Crippen LogP) is 2.58. The third kappa shape index (κ3) is 6.30. The van der Waals surface area contributed by atoms with E-state index < -0.39 is 6.03 Å². The topological polar surface area (TPSA) is 92.2 Å². The van der Waals surface area contributed by atoms with Crippen LogP contribution in [-0.4, -0.2) is 57.0 Å². The van der Waals surface area contributed by atoms with Crippen molar-refractivity contribution in [2.24, 2.45) is 0 Å². The van der Waals surface area contributed by atoms with E-state index in [4.69, 9.17) is 0 Å². The minimum atomic E-state index is -0.455. The van der Waals surface area contributed by atoms with E-state index in [2.05, 4.69) is 25.7 Å². The fourth-order valence-corrected chi connectivity index (χ4v) is 3.96. The van der Waals surface area contributed by atoms with E-state index >= 15 is 0 Å². The molecule has 1 aliphatic heterocycles. The van der Waals surface area contributed by atoms with E-state index in [0.29, 0.717) is 11.7 Å². The standard InChI is InChI=1S/C20H28N6O2S/c1-2-3-11-21-19(28)22-18(27)15-29-20-24-23-17(14-25-12-7-8-13-25)26(20)16-9-5-4-6-10-16/h4-6,9-10H,2-3,7-8,11-15H2,1H3,(H2,21,22,27,28). The van der Waals surface area contributed by atoms with Gasteiger partial charge in [-0.1, -0.05) is 43.3 Å². The van der Waals surface area contributed by atoms with Gasteiger partial charge in [0.1, 0.15) is 0 Å². The number of urea groups is 1. The van der Waals surface area contributed by atoms with Gasteiger partial charge in [-0.2, -0.15) is 0 Å². The van der Waals surface area contributed by atoms with Crippen LogP contribution in [0.15, 0.2) is 35.5 Å². The van der Waals surface area contributed by atoms with Gasteiger partial charge in [-0.3, -0.25) is 19.6 Å². The smallest absolute Gasteiger partial charge is 0.321 e. The lowest BCUT2D eigenvalue weighted by molar-refractivity contribution is -0.117. The van der Waals surface area contributed by atoms with Gasteiger partial charge in [0, 0.05) is 12.2 Å². The van der Waals surface area contributed by atoms with E-state index in [0.717, 1.165) is 44.0 Å². The van der Waals surface area contributed by atoms with Gasteiger partial charge >= 0.3 is 6.03 Å². The summed E-state index contributed by atoms with van der Waals surface area (Å²) in [5, 5.41) is 14.4. The van der Waals surface area contributed by atoms with E-state index in [-0.39, 0.29) is 11.7 Å². The number of aromatic nitrogens is 3. The number of rotatable bonds is 9. The molecule has 0 atom stereocenters. The normalized spacial score (nSPS) is 14.1. The van der Waals surface area contributed by atoms with E-state index in [9.17, 15) is 9.59 Å². The number of likely N-dealkylation sites (tertiary alicyclic amines) is 1. The van der Waals surface area contributed by atoms with Crippen molar-refractivity contribution in [3.8, 4) is 5.69 Å². The van der Waals surface area contributed by atoms with Crippen LogP contribution in [0.2, 0.25) is 0 Å². The van der Waals surface area contributed by atoms with Crippen LogP contribution in [0.5, 0.6) is 0 Å². The number of nitrogens with zero attached hydrogens (tertiary/aromatic N) is 4. The molecule has 3 amide bonds. The molecule has 29 heavy (non-hydrogen) atoms. The Morgan fingerprint density at radius 3 is 2.62 bits per heavy atom. The highest BCUT2D eigenvalue weighted by Gasteiger charge is 2.20. The van der Waals surface area contributed by atoms with Crippen LogP contribution in [0.3, 0.4) is 0 Å². The lowest BCUT2D eigenvalue weighted by Crippen LogP contribution is -2.40. The molecule has 1 aromatic heterocycles. The number of unbranched alkanes of at least 4 members (excludes halogenated alkanes) is 1. The molecule has 156 valence electrons. The van der Waals surface area contributed by atoms with E-state index in [1.807, 2.05) is 41.8 Å². The number of hydrogen-bond acceptors (Lipinski definition) is 6. The zero-order valence-electron chi connectivity index (χ0n) is 16.8. The summed E-state index contributed by atoms with van der Waals surface area (Å²) in [6.07, 6.45) is 4.29. The quantitative estimate of drug-likeness (QED) is 0.482. The molecule has 8 nitrogen and oxygen atoms in total. The first-order valence-corrected chi connectivity index (χ1v) is 11.1. The number of imide groups is 1. The number of amides is 3. The molecule has 0 spiro atoms. The average Bonchev–Trinajstić information content (AvgIpc) is 3.37. The van der Waals surface area contributed by atoms with Gasteiger partial charge in [-0.05, 0) is 44.5 Å². The van der Waals surface area contributed by atoms with Crippen LogP contribution in [0, 0.1) is 0 Å². The second-order valence-electron chi connectivity index (χ2n) is 7.00. The first-order valence-electron chi connectivity index (χ1n) is 10.1. The molecule has 0 saturated carbocycles. The third-order valence-electron chi connectivity index (χ3n) is 4.68. The molecule has 1 aromatic carbocycles. The van der Waals surface area contributed by atoms with Crippen molar-refractivity contribution in [3.63, 3.8) is 0 Å². The highest BCUT2D eigenvalue weighted by molar-refractivity contribution is 7.99. The van der Waals surface area contributed by atoms with Crippen LogP contribution in [0.25, 0.3) is 5.69 Å². The van der Waals surface area contributed by atoms with Gasteiger partial charge in [-0.15, -0.1) is 10.2 Å². The summed E-state index contributed by atoms with van der Waals surface area (Å²) < 4.78 is 2.00. The molecule has 3 rings (SSSR count). The highest BCUT2D eigenvalue weighted by atomic mass is 32.2. The molecule has 0 bridgehead atoms. The first kappa shape index (κ1) is 21.3. The average molecular weight is 417 g/mol. The van der Waals surface area contributed by atoms with E-state index in [1.165, 1.54) is 24.6 Å². The number of carbonyl (C=O) groups is 2. The van der Waals surface area contributed by atoms with Crippen molar-refractivity contribution in [3.05, 3.63) is 36.2 Å². The Bertz CT molecular complexity index is 805. The van der Waals surface area contributed by atoms with Crippen LogP contribution < -0.4 is 10.6 Å². The van der Waals surface area contributed by atoms with Gasteiger partial charge in [0.25, 0.3) is 0 Å². The largest absolute Gasteiger partial charge is 0.338 e.